The molecule has 148 valence electrons. The third kappa shape index (κ3) is 2.84. The standard InChI is InChI=1S/C19H22N4O4S/c24-17(13-1-5-23-15(10-13)20-11-21-23)22-6-3-19(4-7-22)16-12(2-8-27-19)9-14(28-16)18(25)26/h9,11,13H,1-8,10H2,(H,25,26). The SMILES string of the molecule is O=C(O)c1cc2c(s1)C1(CCN(C(=O)C3CCn4ncnc4C3)CC1)OCC2. The van der Waals surface area contributed by atoms with Gasteiger partial charge in [0.2, 0.25) is 5.91 Å². The van der Waals surface area contributed by atoms with Gasteiger partial charge >= 0.3 is 5.97 Å². The molecule has 0 radical (unpaired) electrons. The fraction of sp³-hybridized carbons (Fsp3) is 0.579. The molecule has 1 spiro atoms. The van der Waals surface area contributed by atoms with E-state index in [0.29, 0.717) is 43.8 Å². The van der Waals surface area contributed by atoms with Crippen LogP contribution in [0.4, 0.5) is 0 Å². The van der Waals surface area contributed by atoms with Crippen LogP contribution >= 0.6 is 11.3 Å². The van der Waals surface area contributed by atoms with Crippen molar-refractivity contribution < 1.29 is 19.4 Å². The van der Waals surface area contributed by atoms with Crippen molar-refractivity contribution in [2.45, 2.75) is 44.2 Å². The number of thiophene rings is 1. The normalized spacial score (nSPS) is 23.3. The molecule has 1 N–H and O–H groups in total. The summed E-state index contributed by atoms with van der Waals surface area (Å²) in [6, 6.07) is 1.79. The summed E-state index contributed by atoms with van der Waals surface area (Å²) >= 11 is 1.33. The van der Waals surface area contributed by atoms with E-state index in [4.69, 9.17) is 4.74 Å². The monoisotopic (exact) mass is 402 g/mol. The number of rotatable bonds is 2. The molecule has 1 fully saturated rings. The molecule has 0 aliphatic carbocycles. The summed E-state index contributed by atoms with van der Waals surface area (Å²) in [5.41, 5.74) is 0.662. The number of aryl methyl sites for hydroxylation is 1. The first-order chi connectivity index (χ1) is 13.6. The largest absolute Gasteiger partial charge is 0.477 e. The molecule has 0 bridgehead atoms. The lowest BCUT2D eigenvalue weighted by Crippen LogP contribution is -2.50. The summed E-state index contributed by atoms with van der Waals surface area (Å²) in [6.45, 7) is 2.63. The number of hydrogen-bond donors (Lipinski definition) is 1. The Bertz CT molecular complexity index is 928. The molecule has 2 aromatic heterocycles. The molecule has 5 heterocycles. The Labute approximate surface area is 166 Å². The van der Waals surface area contributed by atoms with E-state index in [1.165, 1.54) is 11.3 Å². The zero-order valence-electron chi connectivity index (χ0n) is 15.5. The van der Waals surface area contributed by atoms with Crippen LogP contribution in [0, 0.1) is 5.92 Å². The van der Waals surface area contributed by atoms with Crippen LogP contribution in [0.15, 0.2) is 12.4 Å². The molecular weight excluding hydrogens is 380 g/mol. The van der Waals surface area contributed by atoms with Gasteiger partial charge in [-0.15, -0.1) is 11.3 Å². The molecule has 8 nitrogen and oxygen atoms in total. The Morgan fingerprint density at radius 1 is 1.29 bits per heavy atom. The Morgan fingerprint density at radius 2 is 2.11 bits per heavy atom. The summed E-state index contributed by atoms with van der Waals surface area (Å²) < 4.78 is 8.07. The number of nitrogens with zero attached hydrogens (tertiary/aromatic N) is 4. The third-order valence-electron chi connectivity index (χ3n) is 6.23. The van der Waals surface area contributed by atoms with Crippen molar-refractivity contribution in [2.75, 3.05) is 19.7 Å². The number of carboxylic acid groups (broad SMARTS) is 1. The summed E-state index contributed by atoms with van der Waals surface area (Å²) in [6.07, 6.45) is 5.18. The van der Waals surface area contributed by atoms with Gasteiger partial charge in [0.25, 0.3) is 0 Å². The van der Waals surface area contributed by atoms with Crippen molar-refractivity contribution in [3.63, 3.8) is 0 Å². The molecule has 9 heteroatoms. The Hall–Kier alpha value is -2.26. The van der Waals surface area contributed by atoms with Crippen LogP contribution in [0.25, 0.3) is 0 Å². The van der Waals surface area contributed by atoms with Gasteiger partial charge in [-0.05, 0) is 37.3 Å². The van der Waals surface area contributed by atoms with Crippen LogP contribution in [-0.4, -0.2) is 56.3 Å². The Balaban J connectivity index is 1.29. The number of ether oxygens (including phenoxy) is 1. The minimum absolute atomic E-state index is 0.0334. The first kappa shape index (κ1) is 17.8. The number of carbonyl (C=O) groups excluding carboxylic acids is 1. The van der Waals surface area contributed by atoms with Gasteiger partial charge in [-0.3, -0.25) is 9.48 Å². The first-order valence-corrected chi connectivity index (χ1v) is 10.5. The number of amides is 1. The van der Waals surface area contributed by atoms with Gasteiger partial charge in [0.15, 0.2) is 0 Å². The van der Waals surface area contributed by atoms with Crippen molar-refractivity contribution >= 4 is 23.2 Å². The van der Waals surface area contributed by atoms with Gasteiger partial charge in [0, 0.05) is 36.9 Å². The lowest BCUT2D eigenvalue weighted by atomic mass is 9.84. The maximum Gasteiger partial charge on any atom is 0.345 e. The smallest absolute Gasteiger partial charge is 0.345 e. The van der Waals surface area contributed by atoms with Crippen LogP contribution in [0.5, 0.6) is 0 Å². The number of carboxylic acids is 1. The molecule has 2 aromatic rings. The zero-order chi connectivity index (χ0) is 19.3. The van der Waals surface area contributed by atoms with E-state index in [9.17, 15) is 14.7 Å². The number of piperidine rings is 1. The molecule has 3 aliphatic heterocycles. The summed E-state index contributed by atoms with van der Waals surface area (Å²) in [4.78, 5) is 32.1. The van der Waals surface area contributed by atoms with Gasteiger partial charge in [-0.2, -0.15) is 5.10 Å². The van der Waals surface area contributed by atoms with Crippen molar-refractivity contribution in [3.05, 3.63) is 33.5 Å². The molecule has 5 rings (SSSR count). The fourth-order valence-electron chi connectivity index (χ4n) is 4.69. The molecule has 0 aromatic carbocycles. The molecule has 1 saturated heterocycles. The Kier molecular flexibility index (Phi) is 4.24. The summed E-state index contributed by atoms with van der Waals surface area (Å²) in [5.74, 6) is 0.164. The maximum atomic E-state index is 13.0. The highest BCUT2D eigenvalue weighted by Gasteiger charge is 2.44. The molecule has 1 atom stereocenters. The second kappa shape index (κ2) is 6.66. The fourth-order valence-corrected chi connectivity index (χ4v) is 5.94. The predicted molar refractivity (Wildman–Crippen MR) is 100 cm³/mol. The number of fused-ring (bicyclic) bond motifs is 3. The topological polar surface area (TPSA) is 97.6 Å². The average Bonchev–Trinajstić information content (AvgIpc) is 3.35. The molecule has 3 aliphatic rings. The van der Waals surface area contributed by atoms with Gasteiger partial charge in [0.05, 0.1) is 6.61 Å². The second-order valence-electron chi connectivity index (χ2n) is 7.78. The average molecular weight is 402 g/mol. The lowest BCUT2D eigenvalue weighted by molar-refractivity contribution is -0.145. The lowest BCUT2D eigenvalue weighted by Gasteiger charge is -2.44. The summed E-state index contributed by atoms with van der Waals surface area (Å²) in [5, 5.41) is 13.5. The number of hydrogen-bond acceptors (Lipinski definition) is 6. The van der Waals surface area contributed by atoms with Gasteiger partial charge < -0.3 is 14.7 Å². The van der Waals surface area contributed by atoms with E-state index in [1.807, 2.05) is 9.58 Å². The second-order valence-corrected chi connectivity index (χ2v) is 8.83. The van der Waals surface area contributed by atoms with E-state index in [2.05, 4.69) is 10.1 Å². The highest BCUT2D eigenvalue weighted by molar-refractivity contribution is 7.14. The van der Waals surface area contributed by atoms with E-state index in [0.717, 1.165) is 35.7 Å². The van der Waals surface area contributed by atoms with Crippen LogP contribution in [0.3, 0.4) is 0 Å². The number of carbonyl (C=O) groups is 2. The number of likely N-dealkylation sites (tertiary alicyclic amines) is 1. The van der Waals surface area contributed by atoms with Crippen molar-refractivity contribution in [1.82, 2.24) is 19.7 Å². The predicted octanol–water partition coefficient (Wildman–Crippen LogP) is 1.69. The molecule has 1 amide bonds. The van der Waals surface area contributed by atoms with Crippen LogP contribution in [0.1, 0.15) is 45.2 Å². The van der Waals surface area contributed by atoms with Crippen molar-refractivity contribution in [2.24, 2.45) is 5.92 Å². The van der Waals surface area contributed by atoms with Gasteiger partial charge in [-0.1, -0.05) is 0 Å². The van der Waals surface area contributed by atoms with Crippen LogP contribution in [0.2, 0.25) is 0 Å². The van der Waals surface area contributed by atoms with E-state index < -0.39 is 11.6 Å². The van der Waals surface area contributed by atoms with E-state index in [1.54, 1.807) is 12.4 Å². The molecule has 0 saturated carbocycles. The first-order valence-electron chi connectivity index (χ1n) is 9.72. The van der Waals surface area contributed by atoms with Crippen LogP contribution in [-0.2, 0) is 34.5 Å². The highest BCUT2D eigenvalue weighted by atomic mass is 32.1. The third-order valence-corrected chi connectivity index (χ3v) is 7.58. The summed E-state index contributed by atoms with van der Waals surface area (Å²) in [7, 11) is 0. The quantitative estimate of drug-likeness (QED) is 0.821. The van der Waals surface area contributed by atoms with E-state index in [-0.39, 0.29) is 11.8 Å². The molecule has 28 heavy (non-hydrogen) atoms. The number of aromatic nitrogens is 3. The zero-order valence-corrected chi connectivity index (χ0v) is 16.3. The molecule has 1 unspecified atom stereocenters. The maximum absolute atomic E-state index is 13.0. The minimum Gasteiger partial charge on any atom is -0.477 e. The minimum atomic E-state index is -0.882. The Morgan fingerprint density at radius 3 is 2.89 bits per heavy atom. The van der Waals surface area contributed by atoms with Crippen molar-refractivity contribution in [1.29, 1.82) is 0 Å². The number of aromatic carboxylic acids is 1. The van der Waals surface area contributed by atoms with Gasteiger partial charge in [-0.25, -0.2) is 9.78 Å². The van der Waals surface area contributed by atoms with Gasteiger partial charge in [0.1, 0.15) is 22.6 Å². The van der Waals surface area contributed by atoms with E-state index >= 15 is 0 Å². The van der Waals surface area contributed by atoms with Crippen LogP contribution < -0.4 is 0 Å². The highest BCUT2D eigenvalue weighted by Crippen LogP contribution is 2.45. The molecular formula is C19H22N4O4S. The van der Waals surface area contributed by atoms with Crippen molar-refractivity contribution in [3.8, 4) is 0 Å².